The smallest absolute Gasteiger partial charge is 0.0458 e. The molecule has 2 aromatic rings. The molecule has 2 nitrogen and oxygen atoms in total. The number of piperidine rings is 1. The molecule has 1 N–H and O–H groups in total. The summed E-state index contributed by atoms with van der Waals surface area (Å²) in [6.45, 7) is 7.89. The fourth-order valence-corrected chi connectivity index (χ4v) is 3.96. The summed E-state index contributed by atoms with van der Waals surface area (Å²) >= 11 is 0. The Morgan fingerprint density at radius 2 is 1.90 bits per heavy atom. The molecule has 1 fully saturated rings. The molecule has 0 spiro atoms. The van der Waals surface area contributed by atoms with Crippen LogP contribution in [0.25, 0.3) is 10.9 Å². The lowest BCUT2D eigenvalue weighted by Crippen LogP contribution is -2.36. The number of para-hydroxylation sites is 1. The third kappa shape index (κ3) is 3.01. The molecular weight excluding hydrogens is 256 g/mol. The van der Waals surface area contributed by atoms with E-state index in [9.17, 15) is 0 Å². The molecule has 1 aromatic heterocycles. The van der Waals surface area contributed by atoms with Gasteiger partial charge in [-0.25, -0.2) is 0 Å². The Kier molecular flexibility index (Phi) is 4.64. The van der Waals surface area contributed by atoms with Crippen LogP contribution in [0.1, 0.15) is 44.4 Å². The Bertz CT molecular complexity index is 584. The molecule has 1 unspecified atom stereocenters. The molecule has 0 aliphatic carbocycles. The van der Waals surface area contributed by atoms with Crippen molar-refractivity contribution in [3.63, 3.8) is 0 Å². The van der Waals surface area contributed by atoms with Crippen molar-refractivity contribution in [2.75, 3.05) is 19.6 Å². The van der Waals surface area contributed by atoms with E-state index in [-0.39, 0.29) is 0 Å². The van der Waals surface area contributed by atoms with E-state index in [1.807, 2.05) is 13.8 Å². The summed E-state index contributed by atoms with van der Waals surface area (Å²) < 4.78 is 0. The first-order valence-corrected chi connectivity index (χ1v) is 8.71. The molecule has 2 heteroatoms. The van der Waals surface area contributed by atoms with Crippen LogP contribution in [0, 0.1) is 5.92 Å². The maximum absolute atomic E-state index is 3.67. The predicted molar refractivity (Wildman–Crippen MR) is 90.8 cm³/mol. The minimum absolute atomic E-state index is 0.922. The molecule has 0 saturated carbocycles. The first kappa shape index (κ1) is 14.6. The van der Waals surface area contributed by atoms with E-state index in [1.165, 1.54) is 68.3 Å². The summed E-state index contributed by atoms with van der Waals surface area (Å²) in [5, 5.41) is 1.45. The lowest BCUT2D eigenvalue weighted by Gasteiger charge is -2.31. The molecule has 1 aromatic carbocycles. The van der Waals surface area contributed by atoms with Crippen molar-refractivity contribution in [2.45, 2.75) is 46.0 Å². The van der Waals surface area contributed by atoms with Gasteiger partial charge in [-0.15, -0.1) is 0 Å². The molecule has 0 amide bonds. The van der Waals surface area contributed by atoms with E-state index >= 15 is 0 Å². The SMILES string of the molecule is CC.c1ccc2c3c([nH]c2c1)CC[C@@H]1CCCN(CC3)C1. The summed E-state index contributed by atoms with van der Waals surface area (Å²) in [7, 11) is 0. The molecule has 0 radical (unpaired) electrons. The summed E-state index contributed by atoms with van der Waals surface area (Å²) in [4.78, 5) is 6.36. The molecule has 114 valence electrons. The lowest BCUT2D eigenvalue weighted by atomic mass is 9.93. The number of fused-ring (bicyclic) bond motifs is 5. The number of aryl methyl sites for hydroxylation is 1. The van der Waals surface area contributed by atoms with Crippen molar-refractivity contribution >= 4 is 10.9 Å². The third-order valence-electron chi connectivity index (χ3n) is 4.99. The average molecular weight is 284 g/mol. The fourth-order valence-electron chi connectivity index (χ4n) is 3.96. The zero-order valence-corrected chi connectivity index (χ0v) is 13.5. The number of nitrogens with zero attached hydrogens (tertiary/aromatic N) is 1. The van der Waals surface area contributed by atoms with E-state index in [0.717, 1.165) is 5.92 Å². The number of hydrogen-bond acceptors (Lipinski definition) is 1. The highest BCUT2D eigenvalue weighted by Crippen LogP contribution is 2.29. The molecule has 2 bridgehead atoms. The van der Waals surface area contributed by atoms with E-state index in [1.54, 1.807) is 5.56 Å². The maximum Gasteiger partial charge on any atom is 0.0458 e. The van der Waals surface area contributed by atoms with Crippen LogP contribution in [0.2, 0.25) is 0 Å². The van der Waals surface area contributed by atoms with Crippen molar-refractivity contribution in [1.29, 1.82) is 0 Å². The highest BCUT2D eigenvalue weighted by atomic mass is 15.1. The van der Waals surface area contributed by atoms with E-state index in [2.05, 4.69) is 34.1 Å². The Hall–Kier alpha value is -1.28. The number of benzene rings is 1. The molecule has 2 aliphatic rings. The number of rotatable bonds is 0. The van der Waals surface area contributed by atoms with Crippen molar-refractivity contribution in [2.24, 2.45) is 5.92 Å². The van der Waals surface area contributed by atoms with Crippen molar-refractivity contribution in [3.05, 3.63) is 35.5 Å². The zero-order valence-electron chi connectivity index (χ0n) is 13.5. The van der Waals surface area contributed by atoms with Gasteiger partial charge in [0.25, 0.3) is 0 Å². The molecule has 21 heavy (non-hydrogen) atoms. The monoisotopic (exact) mass is 284 g/mol. The van der Waals surface area contributed by atoms with Gasteiger partial charge >= 0.3 is 0 Å². The van der Waals surface area contributed by atoms with Crippen LogP contribution in [-0.4, -0.2) is 29.5 Å². The van der Waals surface area contributed by atoms with Gasteiger partial charge < -0.3 is 9.88 Å². The van der Waals surface area contributed by atoms with Gasteiger partial charge in [-0.3, -0.25) is 0 Å². The molecule has 1 saturated heterocycles. The normalized spacial score (nSPS) is 25.0. The zero-order chi connectivity index (χ0) is 14.7. The second-order valence-electron chi connectivity index (χ2n) is 6.23. The number of nitrogens with one attached hydrogen (secondary N) is 1. The molecule has 2 aliphatic heterocycles. The van der Waals surface area contributed by atoms with Crippen LogP contribution in [0.4, 0.5) is 0 Å². The average Bonchev–Trinajstić information content (AvgIpc) is 2.92. The van der Waals surface area contributed by atoms with Crippen LogP contribution >= 0.6 is 0 Å². The molecule has 4 rings (SSSR count). The number of aromatic nitrogens is 1. The van der Waals surface area contributed by atoms with Gasteiger partial charge in [-0.1, -0.05) is 32.0 Å². The second kappa shape index (κ2) is 6.65. The van der Waals surface area contributed by atoms with Crippen molar-refractivity contribution < 1.29 is 0 Å². The maximum atomic E-state index is 3.67. The first-order chi connectivity index (χ1) is 10.4. The van der Waals surface area contributed by atoms with Gasteiger partial charge in [-0.2, -0.15) is 0 Å². The Labute approximate surface area is 128 Å². The number of hydrogen-bond donors (Lipinski definition) is 1. The highest BCUT2D eigenvalue weighted by molar-refractivity contribution is 5.84. The van der Waals surface area contributed by atoms with E-state index in [4.69, 9.17) is 0 Å². The third-order valence-corrected chi connectivity index (χ3v) is 4.99. The Balaban J connectivity index is 0.000000636. The molecule has 3 heterocycles. The summed E-state index contributed by atoms with van der Waals surface area (Å²) in [5.74, 6) is 0.922. The Morgan fingerprint density at radius 1 is 1.05 bits per heavy atom. The van der Waals surface area contributed by atoms with Crippen LogP contribution in [0.5, 0.6) is 0 Å². The van der Waals surface area contributed by atoms with Gasteiger partial charge in [0, 0.05) is 29.7 Å². The van der Waals surface area contributed by atoms with E-state index < -0.39 is 0 Å². The first-order valence-electron chi connectivity index (χ1n) is 8.71. The second-order valence-corrected chi connectivity index (χ2v) is 6.23. The Morgan fingerprint density at radius 3 is 2.81 bits per heavy atom. The van der Waals surface area contributed by atoms with E-state index in [0.29, 0.717) is 0 Å². The fraction of sp³-hybridized carbons (Fsp3) is 0.579. The van der Waals surface area contributed by atoms with Gasteiger partial charge in [0.1, 0.15) is 0 Å². The van der Waals surface area contributed by atoms with Crippen LogP contribution in [0.15, 0.2) is 24.3 Å². The van der Waals surface area contributed by atoms with Crippen LogP contribution in [-0.2, 0) is 12.8 Å². The largest absolute Gasteiger partial charge is 0.358 e. The van der Waals surface area contributed by atoms with Gasteiger partial charge in [0.15, 0.2) is 0 Å². The van der Waals surface area contributed by atoms with Crippen molar-refractivity contribution in [1.82, 2.24) is 9.88 Å². The van der Waals surface area contributed by atoms with Gasteiger partial charge in [-0.05, 0) is 56.2 Å². The summed E-state index contributed by atoms with van der Waals surface area (Å²) in [6.07, 6.45) is 6.65. The minimum Gasteiger partial charge on any atom is -0.358 e. The predicted octanol–water partition coefficient (Wildman–Crippen LogP) is 4.39. The standard InChI is InChI=1S/C17H22N2.C2H6/c1-2-6-16-14(5-1)15-9-11-19-10-3-4-13(12-19)7-8-17(15)18-16;1-2/h1-2,5-6,13,18H,3-4,7-12H2;1-2H3/t13-;/m0./s1. The molecular formula is C19H28N2. The molecule has 2 atom stereocenters. The quantitative estimate of drug-likeness (QED) is 0.760. The topological polar surface area (TPSA) is 19.0 Å². The van der Waals surface area contributed by atoms with Gasteiger partial charge in [0.05, 0.1) is 0 Å². The summed E-state index contributed by atoms with van der Waals surface area (Å²) in [5.41, 5.74) is 4.42. The minimum atomic E-state index is 0.922. The lowest BCUT2D eigenvalue weighted by molar-refractivity contribution is 0.173. The summed E-state index contributed by atoms with van der Waals surface area (Å²) in [6, 6.07) is 8.80. The highest BCUT2D eigenvalue weighted by Gasteiger charge is 2.23. The van der Waals surface area contributed by atoms with Crippen molar-refractivity contribution in [3.8, 4) is 0 Å². The number of aromatic amines is 1. The van der Waals surface area contributed by atoms with Gasteiger partial charge in [0.2, 0.25) is 0 Å². The van der Waals surface area contributed by atoms with Crippen LogP contribution < -0.4 is 0 Å². The number of H-pyrrole nitrogens is 1. The van der Waals surface area contributed by atoms with Crippen LogP contribution in [0.3, 0.4) is 0 Å².